The zero-order valence-electron chi connectivity index (χ0n) is 16.2. The number of rotatable bonds is 8. The molecule has 0 aliphatic carbocycles. The van der Waals surface area contributed by atoms with Crippen LogP contribution in [0.15, 0.2) is 62.8 Å². The van der Waals surface area contributed by atoms with E-state index in [1.807, 2.05) is 18.2 Å². The lowest BCUT2D eigenvalue weighted by Gasteiger charge is -2.08. The van der Waals surface area contributed by atoms with E-state index in [2.05, 4.69) is 27.4 Å². The number of benzene rings is 1. The summed E-state index contributed by atoms with van der Waals surface area (Å²) in [5.74, 6) is 0.0876. The molecule has 7 heteroatoms. The molecule has 0 saturated carbocycles. The molecule has 1 amide bonds. The monoisotopic (exact) mass is 393 g/mol. The summed E-state index contributed by atoms with van der Waals surface area (Å²) >= 11 is 0. The van der Waals surface area contributed by atoms with Gasteiger partial charge in [0.1, 0.15) is 11.3 Å². The van der Waals surface area contributed by atoms with Crippen LogP contribution in [0, 0.1) is 6.92 Å². The van der Waals surface area contributed by atoms with Crippen molar-refractivity contribution in [2.45, 2.75) is 32.6 Å². The number of aryl methyl sites for hydroxylation is 3. The van der Waals surface area contributed by atoms with Gasteiger partial charge in [-0.25, -0.2) is 9.78 Å². The van der Waals surface area contributed by atoms with Gasteiger partial charge >= 0.3 is 5.63 Å². The smallest absolute Gasteiger partial charge is 0.349 e. The molecule has 0 fully saturated rings. The van der Waals surface area contributed by atoms with Gasteiger partial charge in [0, 0.05) is 31.1 Å². The molecule has 29 heavy (non-hydrogen) atoms. The molecule has 0 radical (unpaired) electrons. The van der Waals surface area contributed by atoms with Crippen molar-refractivity contribution in [2.24, 2.45) is 0 Å². The maximum atomic E-state index is 12.4. The third-order valence-corrected chi connectivity index (χ3v) is 4.56. The third kappa shape index (κ3) is 5.75. The van der Waals surface area contributed by atoms with E-state index in [0.29, 0.717) is 29.9 Å². The Morgan fingerprint density at radius 3 is 2.62 bits per heavy atom. The molecule has 1 aromatic carbocycles. The summed E-state index contributed by atoms with van der Waals surface area (Å²) in [5.41, 5.74) is 1.51. The van der Waals surface area contributed by atoms with Crippen molar-refractivity contribution >= 4 is 5.91 Å². The molecule has 0 bridgehead atoms. The molecule has 0 spiro atoms. The molecular formula is C22H23N3O4. The van der Waals surface area contributed by atoms with E-state index in [4.69, 9.17) is 4.42 Å². The fourth-order valence-corrected chi connectivity index (χ4v) is 3.12. The highest BCUT2D eigenvalue weighted by Crippen LogP contribution is 2.11. The van der Waals surface area contributed by atoms with E-state index in [0.717, 1.165) is 12.8 Å². The van der Waals surface area contributed by atoms with E-state index in [1.54, 1.807) is 13.0 Å². The van der Waals surface area contributed by atoms with Crippen molar-refractivity contribution in [2.75, 3.05) is 6.54 Å². The summed E-state index contributed by atoms with van der Waals surface area (Å²) in [6.45, 7) is 1.98. The summed E-state index contributed by atoms with van der Waals surface area (Å²) in [7, 11) is 0. The van der Waals surface area contributed by atoms with Crippen molar-refractivity contribution in [1.29, 1.82) is 0 Å². The summed E-state index contributed by atoms with van der Waals surface area (Å²) in [6, 6.07) is 13.2. The largest absolute Gasteiger partial charge is 0.427 e. The van der Waals surface area contributed by atoms with Crippen LogP contribution >= 0.6 is 0 Å². The predicted molar refractivity (Wildman–Crippen MR) is 109 cm³/mol. The highest BCUT2D eigenvalue weighted by Gasteiger charge is 2.16. The predicted octanol–water partition coefficient (Wildman–Crippen LogP) is 2.18. The van der Waals surface area contributed by atoms with Crippen LogP contribution in [0.5, 0.6) is 0 Å². The van der Waals surface area contributed by atoms with Gasteiger partial charge in [-0.15, -0.1) is 0 Å². The van der Waals surface area contributed by atoms with Crippen LogP contribution in [0.1, 0.15) is 39.4 Å². The number of nitrogens with zero attached hydrogens (tertiary/aromatic N) is 1. The maximum Gasteiger partial charge on any atom is 0.349 e. The van der Waals surface area contributed by atoms with Crippen LogP contribution in [-0.2, 0) is 19.3 Å². The van der Waals surface area contributed by atoms with E-state index >= 15 is 0 Å². The van der Waals surface area contributed by atoms with Gasteiger partial charge in [-0.1, -0.05) is 30.3 Å². The maximum absolute atomic E-state index is 12.4. The van der Waals surface area contributed by atoms with Crippen LogP contribution in [-0.4, -0.2) is 22.4 Å². The first kappa shape index (κ1) is 20.3. The number of amides is 1. The van der Waals surface area contributed by atoms with Crippen molar-refractivity contribution in [3.05, 3.63) is 97.7 Å². The van der Waals surface area contributed by atoms with Gasteiger partial charge in [-0.05, 0) is 37.0 Å². The first-order valence-corrected chi connectivity index (χ1v) is 9.52. The average Bonchev–Trinajstić information content (AvgIpc) is 2.68. The first-order valence-electron chi connectivity index (χ1n) is 9.52. The van der Waals surface area contributed by atoms with E-state index < -0.39 is 11.5 Å². The topological polar surface area (TPSA) is 105 Å². The van der Waals surface area contributed by atoms with E-state index in [-0.39, 0.29) is 17.7 Å². The highest BCUT2D eigenvalue weighted by molar-refractivity contribution is 5.95. The van der Waals surface area contributed by atoms with Gasteiger partial charge < -0.3 is 14.7 Å². The Kier molecular flexibility index (Phi) is 6.73. The molecular weight excluding hydrogens is 370 g/mol. The number of hydrogen-bond acceptors (Lipinski definition) is 5. The standard InChI is InChI=1S/C22H23N3O4/c1-15-12-18(9-5-8-16-6-3-2-4-7-16)29-22(28)20(15)21(27)23-11-10-17-13-19(26)25-14-24-17/h2-4,6-7,12-14H,5,8-11H2,1H3,(H,23,27)(H,24,25,26). The van der Waals surface area contributed by atoms with Crippen molar-refractivity contribution in [3.8, 4) is 0 Å². The molecule has 0 atom stereocenters. The fourth-order valence-electron chi connectivity index (χ4n) is 3.12. The lowest BCUT2D eigenvalue weighted by Crippen LogP contribution is -2.31. The lowest BCUT2D eigenvalue weighted by molar-refractivity contribution is 0.0949. The zero-order valence-corrected chi connectivity index (χ0v) is 16.2. The van der Waals surface area contributed by atoms with Gasteiger partial charge in [-0.3, -0.25) is 9.59 Å². The van der Waals surface area contributed by atoms with Crippen LogP contribution in [0.4, 0.5) is 0 Å². The van der Waals surface area contributed by atoms with Crippen molar-refractivity contribution in [1.82, 2.24) is 15.3 Å². The van der Waals surface area contributed by atoms with Gasteiger partial charge in [0.2, 0.25) is 0 Å². The quantitative estimate of drug-likeness (QED) is 0.610. The molecule has 3 rings (SSSR count). The molecule has 0 aliphatic heterocycles. The number of carbonyl (C=O) groups excluding carboxylic acids is 1. The highest BCUT2D eigenvalue weighted by atomic mass is 16.4. The van der Waals surface area contributed by atoms with Gasteiger partial charge in [0.05, 0.1) is 6.33 Å². The van der Waals surface area contributed by atoms with Crippen LogP contribution in [0.2, 0.25) is 0 Å². The molecule has 150 valence electrons. The Morgan fingerprint density at radius 1 is 1.10 bits per heavy atom. The minimum absolute atomic E-state index is 0.00989. The minimum Gasteiger partial charge on any atom is -0.427 e. The van der Waals surface area contributed by atoms with E-state index in [9.17, 15) is 14.4 Å². The van der Waals surface area contributed by atoms with Crippen molar-refractivity contribution in [3.63, 3.8) is 0 Å². The number of nitrogens with one attached hydrogen (secondary N) is 2. The zero-order chi connectivity index (χ0) is 20.6. The Balaban J connectivity index is 1.57. The van der Waals surface area contributed by atoms with Crippen LogP contribution in [0.3, 0.4) is 0 Å². The molecule has 0 aliphatic rings. The molecule has 3 aromatic rings. The second kappa shape index (κ2) is 9.64. The minimum atomic E-state index is -0.633. The second-order valence-corrected chi connectivity index (χ2v) is 6.81. The molecule has 0 unspecified atom stereocenters. The average molecular weight is 393 g/mol. The number of H-pyrrole nitrogens is 1. The second-order valence-electron chi connectivity index (χ2n) is 6.81. The summed E-state index contributed by atoms with van der Waals surface area (Å²) in [6.07, 6.45) is 4.07. The summed E-state index contributed by atoms with van der Waals surface area (Å²) < 4.78 is 5.35. The molecule has 2 N–H and O–H groups in total. The third-order valence-electron chi connectivity index (χ3n) is 4.56. The fraction of sp³-hybridized carbons (Fsp3) is 0.273. The number of carbonyl (C=O) groups is 1. The molecule has 2 heterocycles. The van der Waals surface area contributed by atoms with Crippen molar-refractivity contribution < 1.29 is 9.21 Å². The number of aromatic nitrogens is 2. The van der Waals surface area contributed by atoms with E-state index in [1.165, 1.54) is 18.0 Å². The molecule has 7 nitrogen and oxygen atoms in total. The Morgan fingerprint density at radius 2 is 1.90 bits per heavy atom. The number of hydrogen-bond donors (Lipinski definition) is 2. The Hall–Kier alpha value is -3.48. The number of aromatic amines is 1. The first-order chi connectivity index (χ1) is 14.0. The summed E-state index contributed by atoms with van der Waals surface area (Å²) in [4.78, 5) is 42.4. The SMILES string of the molecule is Cc1cc(CCCc2ccccc2)oc(=O)c1C(=O)NCCc1cc(=O)[nH]cn1. The molecule has 0 saturated heterocycles. The van der Waals surface area contributed by atoms with Gasteiger partial charge in [0.15, 0.2) is 0 Å². The Labute approximate surface area is 167 Å². The normalized spacial score (nSPS) is 10.7. The lowest BCUT2D eigenvalue weighted by atomic mass is 10.1. The Bertz CT molecular complexity index is 1090. The van der Waals surface area contributed by atoms with Gasteiger partial charge in [-0.2, -0.15) is 0 Å². The molecule has 2 aromatic heterocycles. The van der Waals surface area contributed by atoms with Gasteiger partial charge in [0.25, 0.3) is 11.5 Å². The van der Waals surface area contributed by atoms with Crippen LogP contribution in [0.25, 0.3) is 0 Å². The summed E-state index contributed by atoms with van der Waals surface area (Å²) in [5, 5.41) is 2.68. The van der Waals surface area contributed by atoms with Crippen LogP contribution < -0.4 is 16.5 Å².